The molecule has 0 saturated carbocycles. The molecule has 3 amide bonds. The third-order valence-electron chi connectivity index (χ3n) is 4.44. The van der Waals surface area contributed by atoms with Crippen LogP contribution in [0.15, 0.2) is 48.5 Å². The molecule has 1 atom stereocenters. The molecule has 166 valence electrons. The smallest absolute Gasteiger partial charge is 0.414 e. The van der Waals surface area contributed by atoms with E-state index in [-0.39, 0.29) is 12.5 Å². The quantitative estimate of drug-likeness (QED) is 0.660. The predicted molar refractivity (Wildman–Crippen MR) is 116 cm³/mol. The number of hydrogen-bond donors (Lipinski definition) is 2. The Hall–Kier alpha value is -3.75. The molecule has 0 aliphatic rings. The van der Waals surface area contributed by atoms with Gasteiger partial charge in [-0.05, 0) is 42.0 Å². The van der Waals surface area contributed by atoms with E-state index in [0.29, 0.717) is 23.6 Å². The molecular formula is C22H27N3O6. The van der Waals surface area contributed by atoms with Gasteiger partial charge in [0, 0.05) is 40.2 Å². The molecule has 0 aliphatic heterocycles. The first kappa shape index (κ1) is 23.5. The van der Waals surface area contributed by atoms with E-state index in [4.69, 9.17) is 9.47 Å². The van der Waals surface area contributed by atoms with E-state index in [1.165, 1.54) is 23.8 Å². The number of hydrogen-bond acceptors (Lipinski definition) is 5. The first-order chi connectivity index (χ1) is 14.7. The van der Waals surface area contributed by atoms with Crippen molar-refractivity contribution in [2.45, 2.75) is 19.4 Å². The summed E-state index contributed by atoms with van der Waals surface area (Å²) in [5.41, 5.74) is 1.41. The molecule has 2 aromatic rings. The largest absolute Gasteiger partial charge is 0.494 e. The number of ether oxygens (including phenoxy) is 2. The Morgan fingerprint density at radius 1 is 0.968 bits per heavy atom. The molecule has 0 aromatic heterocycles. The average Bonchev–Trinajstić information content (AvgIpc) is 2.72. The van der Waals surface area contributed by atoms with E-state index in [0.717, 1.165) is 5.56 Å². The molecule has 0 spiro atoms. The lowest BCUT2D eigenvalue weighted by Gasteiger charge is -2.26. The number of carboxylic acid groups (broad SMARTS) is 1. The minimum Gasteiger partial charge on any atom is -0.494 e. The molecule has 31 heavy (non-hydrogen) atoms. The average molecular weight is 429 g/mol. The van der Waals surface area contributed by atoms with Crippen LogP contribution in [0.3, 0.4) is 0 Å². The first-order valence-corrected chi connectivity index (χ1v) is 9.62. The fourth-order valence-corrected chi connectivity index (χ4v) is 2.79. The van der Waals surface area contributed by atoms with Crippen molar-refractivity contribution in [2.75, 3.05) is 33.1 Å². The number of nitrogens with zero attached hydrogens (tertiary/aromatic N) is 2. The van der Waals surface area contributed by atoms with Crippen LogP contribution >= 0.6 is 0 Å². The molecule has 0 fully saturated rings. The maximum Gasteiger partial charge on any atom is 0.414 e. The molecule has 0 radical (unpaired) electrons. The second kappa shape index (κ2) is 10.9. The van der Waals surface area contributed by atoms with Gasteiger partial charge in [0.1, 0.15) is 11.5 Å². The second-order valence-electron chi connectivity index (χ2n) is 7.08. The summed E-state index contributed by atoms with van der Waals surface area (Å²) in [7, 11) is 4.67. The van der Waals surface area contributed by atoms with Crippen molar-refractivity contribution in [3.05, 3.63) is 54.1 Å². The summed E-state index contributed by atoms with van der Waals surface area (Å²) in [5, 5.41) is 12.1. The summed E-state index contributed by atoms with van der Waals surface area (Å²) in [4.78, 5) is 36.8. The van der Waals surface area contributed by atoms with Gasteiger partial charge in [-0.15, -0.1) is 0 Å². The van der Waals surface area contributed by atoms with Crippen molar-refractivity contribution in [3.8, 4) is 11.5 Å². The van der Waals surface area contributed by atoms with Crippen LogP contribution in [0.2, 0.25) is 0 Å². The summed E-state index contributed by atoms with van der Waals surface area (Å²) in [6.07, 6.45) is -1.15. The number of carbonyl (C=O) groups is 3. The second-order valence-corrected chi connectivity index (χ2v) is 7.08. The van der Waals surface area contributed by atoms with Crippen LogP contribution in [-0.4, -0.2) is 60.7 Å². The fraction of sp³-hybridized carbons (Fsp3) is 0.318. The number of anilines is 1. The molecular weight excluding hydrogens is 402 g/mol. The van der Waals surface area contributed by atoms with E-state index in [2.05, 4.69) is 5.32 Å². The van der Waals surface area contributed by atoms with Crippen molar-refractivity contribution in [1.82, 2.24) is 9.80 Å². The van der Waals surface area contributed by atoms with E-state index < -0.39 is 18.2 Å². The summed E-state index contributed by atoms with van der Waals surface area (Å²) in [6, 6.07) is 13.2. The zero-order valence-corrected chi connectivity index (χ0v) is 18.0. The van der Waals surface area contributed by atoms with Crippen molar-refractivity contribution < 1.29 is 29.0 Å². The number of rotatable bonds is 8. The lowest BCUT2D eigenvalue weighted by Crippen LogP contribution is -2.31. The van der Waals surface area contributed by atoms with Crippen molar-refractivity contribution in [3.63, 3.8) is 0 Å². The van der Waals surface area contributed by atoms with Gasteiger partial charge in [-0.25, -0.2) is 9.59 Å². The van der Waals surface area contributed by atoms with Crippen LogP contribution in [0.25, 0.3) is 0 Å². The van der Waals surface area contributed by atoms with Gasteiger partial charge in [-0.1, -0.05) is 12.1 Å². The minimum absolute atomic E-state index is 0.157. The molecule has 2 rings (SSSR count). The Labute approximate surface area is 181 Å². The van der Waals surface area contributed by atoms with E-state index in [1.807, 2.05) is 0 Å². The van der Waals surface area contributed by atoms with Gasteiger partial charge in [0.05, 0.1) is 12.6 Å². The van der Waals surface area contributed by atoms with Gasteiger partial charge >= 0.3 is 12.2 Å². The van der Waals surface area contributed by atoms with Gasteiger partial charge < -0.3 is 29.7 Å². The number of carbonyl (C=O) groups excluding carboxylic acids is 2. The van der Waals surface area contributed by atoms with E-state index >= 15 is 0 Å². The zero-order chi connectivity index (χ0) is 23.0. The van der Waals surface area contributed by atoms with Crippen LogP contribution in [0.1, 0.15) is 24.9 Å². The third kappa shape index (κ3) is 7.22. The molecule has 2 N–H and O–H groups in total. The number of nitrogens with one attached hydrogen (secondary N) is 1. The summed E-state index contributed by atoms with van der Waals surface area (Å²) in [5.74, 6) is 0.821. The standard InChI is InChI=1S/C22H27N3O6/c1-15(26)23-17-7-11-18(12-8-17)30-14-13-20(25(4)21(27)28)16-5-9-19(10-6-16)31-22(29)24(2)3/h5-12,20H,13-14H2,1-4H3,(H,23,26)(H,27,28). The first-order valence-electron chi connectivity index (χ1n) is 9.62. The lowest BCUT2D eigenvalue weighted by atomic mass is 10.0. The summed E-state index contributed by atoms with van der Waals surface area (Å²) < 4.78 is 10.9. The number of benzene rings is 2. The zero-order valence-electron chi connectivity index (χ0n) is 18.0. The maximum absolute atomic E-state index is 11.7. The van der Waals surface area contributed by atoms with Crippen LogP contribution in [-0.2, 0) is 4.79 Å². The highest BCUT2D eigenvalue weighted by atomic mass is 16.6. The van der Waals surface area contributed by atoms with Gasteiger partial charge in [-0.2, -0.15) is 0 Å². The molecule has 1 unspecified atom stereocenters. The maximum atomic E-state index is 11.7. The fourth-order valence-electron chi connectivity index (χ4n) is 2.79. The topological polar surface area (TPSA) is 108 Å². The Balaban J connectivity index is 2.03. The van der Waals surface area contributed by atoms with Gasteiger partial charge in [0.15, 0.2) is 0 Å². The highest BCUT2D eigenvalue weighted by molar-refractivity contribution is 5.88. The Kier molecular flexibility index (Phi) is 8.25. The van der Waals surface area contributed by atoms with Crippen molar-refractivity contribution in [1.29, 1.82) is 0 Å². The minimum atomic E-state index is -1.06. The van der Waals surface area contributed by atoms with Crippen LogP contribution in [0.5, 0.6) is 11.5 Å². The van der Waals surface area contributed by atoms with Crippen molar-refractivity contribution >= 4 is 23.8 Å². The molecule has 0 heterocycles. The van der Waals surface area contributed by atoms with E-state index in [9.17, 15) is 19.5 Å². The Morgan fingerprint density at radius 3 is 2.06 bits per heavy atom. The van der Waals surface area contributed by atoms with Crippen molar-refractivity contribution in [2.24, 2.45) is 0 Å². The highest BCUT2D eigenvalue weighted by Crippen LogP contribution is 2.26. The van der Waals surface area contributed by atoms with Crippen LogP contribution in [0.4, 0.5) is 15.3 Å². The highest BCUT2D eigenvalue weighted by Gasteiger charge is 2.21. The van der Waals surface area contributed by atoms with Crippen LogP contribution in [0, 0.1) is 0 Å². The molecule has 2 aromatic carbocycles. The normalized spacial score (nSPS) is 11.2. The van der Waals surface area contributed by atoms with E-state index in [1.54, 1.807) is 62.6 Å². The molecule has 9 heteroatoms. The lowest BCUT2D eigenvalue weighted by molar-refractivity contribution is -0.114. The van der Waals surface area contributed by atoms with Gasteiger partial charge in [-0.3, -0.25) is 4.79 Å². The van der Waals surface area contributed by atoms with Crippen LogP contribution < -0.4 is 14.8 Å². The SMILES string of the molecule is CC(=O)Nc1ccc(OCCC(c2ccc(OC(=O)N(C)C)cc2)N(C)C(=O)O)cc1. The third-order valence-corrected chi connectivity index (χ3v) is 4.44. The summed E-state index contributed by atoms with van der Waals surface area (Å²) in [6.45, 7) is 1.71. The predicted octanol–water partition coefficient (Wildman–Crippen LogP) is 3.83. The molecule has 0 saturated heterocycles. The number of amides is 3. The Morgan fingerprint density at radius 2 is 1.55 bits per heavy atom. The van der Waals surface area contributed by atoms with Gasteiger partial charge in [0.25, 0.3) is 0 Å². The van der Waals surface area contributed by atoms with Gasteiger partial charge in [0.2, 0.25) is 5.91 Å². The molecule has 0 bridgehead atoms. The summed E-state index contributed by atoms with van der Waals surface area (Å²) >= 11 is 0. The molecule has 9 nitrogen and oxygen atoms in total. The molecule has 0 aliphatic carbocycles. The monoisotopic (exact) mass is 429 g/mol. The Bertz CT molecular complexity index is 896.